The summed E-state index contributed by atoms with van der Waals surface area (Å²) >= 11 is 12.3. The number of rotatable bonds is 3. The van der Waals surface area contributed by atoms with Crippen LogP contribution in [0.3, 0.4) is 0 Å². The minimum absolute atomic E-state index is 0.642. The van der Waals surface area contributed by atoms with Crippen LogP contribution in [0.15, 0.2) is 48.5 Å². The summed E-state index contributed by atoms with van der Waals surface area (Å²) in [5.74, 6) is 0. The molecule has 2 rings (SSSR count). The number of aryl methyl sites for hydroxylation is 1. The van der Waals surface area contributed by atoms with Gasteiger partial charge >= 0.3 is 0 Å². The number of halogens is 2. The van der Waals surface area contributed by atoms with Gasteiger partial charge in [-0.15, -0.1) is 0 Å². The maximum atomic E-state index is 6.34. The molecule has 2 aromatic rings. The van der Waals surface area contributed by atoms with Crippen molar-refractivity contribution in [2.75, 3.05) is 5.32 Å². The molecule has 18 heavy (non-hydrogen) atoms. The molecule has 4 heteroatoms. The van der Waals surface area contributed by atoms with Crippen LogP contribution in [0.25, 0.3) is 0 Å². The second-order valence-corrected chi connectivity index (χ2v) is 5.19. The highest BCUT2D eigenvalue weighted by Gasteiger charge is 2.24. The van der Waals surface area contributed by atoms with E-state index < -0.39 is 5.12 Å². The number of alkyl halides is 1. The van der Waals surface area contributed by atoms with Gasteiger partial charge in [0.2, 0.25) is 0 Å². The molecule has 1 unspecified atom stereocenters. The molecule has 0 spiro atoms. The third-order valence-electron chi connectivity index (χ3n) is 2.71. The summed E-state index contributed by atoms with van der Waals surface area (Å²) < 4.78 is 0. The van der Waals surface area contributed by atoms with Gasteiger partial charge in [0.05, 0.1) is 0 Å². The van der Waals surface area contributed by atoms with Crippen molar-refractivity contribution < 1.29 is 0 Å². The number of benzene rings is 2. The molecule has 0 saturated carbocycles. The number of nitrogens with one attached hydrogen (secondary N) is 1. The number of anilines is 1. The Morgan fingerprint density at radius 3 is 2.44 bits per heavy atom. The highest BCUT2D eigenvalue weighted by atomic mass is 35.5. The molecule has 0 fully saturated rings. The fourth-order valence-corrected chi connectivity index (χ4v) is 2.08. The van der Waals surface area contributed by atoms with Crippen molar-refractivity contribution in [3.8, 4) is 0 Å². The van der Waals surface area contributed by atoms with Gasteiger partial charge in [-0.1, -0.05) is 59.6 Å². The van der Waals surface area contributed by atoms with Crippen LogP contribution in [0.5, 0.6) is 0 Å². The van der Waals surface area contributed by atoms with Crippen LogP contribution in [-0.2, 0) is 5.12 Å². The lowest BCUT2D eigenvalue weighted by molar-refractivity contribution is 0.739. The zero-order chi connectivity index (χ0) is 13.2. The summed E-state index contributed by atoms with van der Waals surface area (Å²) in [4.78, 5) is 0. The van der Waals surface area contributed by atoms with E-state index >= 15 is 0 Å². The summed E-state index contributed by atoms with van der Waals surface area (Å²) in [7, 11) is 0. The van der Waals surface area contributed by atoms with Gasteiger partial charge in [-0.05, 0) is 24.6 Å². The first kappa shape index (κ1) is 13.2. The van der Waals surface area contributed by atoms with Gasteiger partial charge in [-0.2, -0.15) is 0 Å². The van der Waals surface area contributed by atoms with Crippen LogP contribution in [0.4, 0.5) is 5.69 Å². The Kier molecular flexibility index (Phi) is 3.81. The molecule has 0 saturated heterocycles. The average Bonchev–Trinajstić information content (AvgIpc) is 2.35. The third-order valence-corrected chi connectivity index (χ3v) is 3.26. The van der Waals surface area contributed by atoms with E-state index in [4.69, 9.17) is 28.9 Å². The second-order valence-electron chi connectivity index (χ2n) is 4.16. The maximum absolute atomic E-state index is 6.34. The van der Waals surface area contributed by atoms with Crippen LogP contribution in [-0.4, -0.2) is 0 Å². The molecule has 3 N–H and O–H groups in total. The largest absolute Gasteiger partial charge is 0.351 e. The molecule has 0 bridgehead atoms. The van der Waals surface area contributed by atoms with Crippen LogP contribution in [0, 0.1) is 6.92 Å². The van der Waals surface area contributed by atoms with Gasteiger partial charge in [0.15, 0.2) is 5.12 Å². The van der Waals surface area contributed by atoms with E-state index in [0.717, 1.165) is 16.8 Å². The van der Waals surface area contributed by atoms with Gasteiger partial charge in [-0.25, -0.2) is 0 Å². The predicted molar refractivity (Wildman–Crippen MR) is 78.0 cm³/mol. The van der Waals surface area contributed by atoms with E-state index in [0.29, 0.717) is 5.02 Å². The van der Waals surface area contributed by atoms with E-state index in [-0.39, 0.29) is 0 Å². The highest BCUT2D eigenvalue weighted by molar-refractivity contribution is 6.31. The minimum Gasteiger partial charge on any atom is -0.351 e. The number of hydrogen-bond acceptors (Lipinski definition) is 2. The van der Waals surface area contributed by atoms with Crippen molar-refractivity contribution in [3.05, 3.63) is 64.7 Å². The fourth-order valence-electron chi connectivity index (χ4n) is 1.68. The molecule has 94 valence electrons. The minimum atomic E-state index is -1.16. The standard InChI is InChI=1S/C14H14Cl2N2/c1-10-7-8-12(15)9-13(10)18-14(16,17)11-5-3-2-4-6-11/h2-9,18H,17H2,1H3. The molecular formula is C14H14Cl2N2. The number of nitrogens with two attached hydrogens (primary N) is 1. The quantitative estimate of drug-likeness (QED) is 0.505. The van der Waals surface area contributed by atoms with Gasteiger partial charge in [-0.3, -0.25) is 5.73 Å². The van der Waals surface area contributed by atoms with E-state index in [1.54, 1.807) is 0 Å². The highest BCUT2D eigenvalue weighted by Crippen LogP contribution is 2.28. The van der Waals surface area contributed by atoms with Gasteiger partial charge < -0.3 is 5.32 Å². The van der Waals surface area contributed by atoms with E-state index in [1.807, 2.05) is 55.5 Å². The normalized spacial score (nSPS) is 14.0. The Bertz CT molecular complexity index is 539. The lowest BCUT2D eigenvalue weighted by Gasteiger charge is -2.26. The number of hydrogen-bond donors (Lipinski definition) is 2. The van der Waals surface area contributed by atoms with Crippen LogP contribution in [0.2, 0.25) is 5.02 Å². The Morgan fingerprint density at radius 2 is 1.78 bits per heavy atom. The summed E-state index contributed by atoms with van der Waals surface area (Å²) in [6.45, 7) is 1.97. The van der Waals surface area contributed by atoms with Crippen molar-refractivity contribution in [2.24, 2.45) is 5.73 Å². The van der Waals surface area contributed by atoms with Crippen LogP contribution >= 0.6 is 23.2 Å². The molecule has 0 aliphatic heterocycles. The van der Waals surface area contributed by atoms with Gasteiger partial charge in [0, 0.05) is 16.3 Å². The van der Waals surface area contributed by atoms with E-state index in [9.17, 15) is 0 Å². The molecule has 0 radical (unpaired) electrons. The van der Waals surface area contributed by atoms with Crippen LogP contribution in [0.1, 0.15) is 11.1 Å². The van der Waals surface area contributed by atoms with Crippen molar-refractivity contribution in [1.29, 1.82) is 0 Å². The van der Waals surface area contributed by atoms with E-state index in [2.05, 4.69) is 5.32 Å². The first-order valence-electron chi connectivity index (χ1n) is 5.57. The predicted octanol–water partition coefficient (Wildman–Crippen LogP) is 4.07. The molecule has 1 atom stereocenters. The lowest BCUT2D eigenvalue weighted by Crippen LogP contribution is -2.38. The smallest absolute Gasteiger partial charge is 0.190 e. The zero-order valence-electron chi connectivity index (χ0n) is 9.95. The van der Waals surface area contributed by atoms with E-state index in [1.165, 1.54) is 0 Å². The SMILES string of the molecule is Cc1ccc(Cl)cc1NC(N)(Cl)c1ccccc1. The average molecular weight is 281 g/mol. The summed E-state index contributed by atoms with van der Waals surface area (Å²) in [6.07, 6.45) is 0. The summed E-state index contributed by atoms with van der Waals surface area (Å²) in [5.41, 5.74) is 8.75. The topological polar surface area (TPSA) is 38.0 Å². The third kappa shape index (κ3) is 2.96. The Labute approximate surface area is 117 Å². The molecule has 0 aliphatic carbocycles. The van der Waals surface area contributed by atoms with Crippen molar-refractivity contribution in [3.63, 3.8) is 0 Å². The molecule has 0 heterocycles. The van der Waals surface area contributed by atoms with Crippen molar-refractivity contribution >= 4 is 28.9 Å². The van der Waals surface area contributed by atoms with Crippen molar-refractivity contribution in [2.45, 2.75) is 12.0 Å². The molecule has 0 aromatic heterocycles. The Balaban J connectivity index is 2.30. The van der Waals surface area contributed by atoms with Crippen molar-refractivity contribution in [1.82, 2.24) is 0 Å². The molecule has 2 nitrogen and oxygen atoms in total. The van der Waals surface area contributed by atoms with Crippen LogP contribution < -0.4 is 11.1 Å². The summed E-state index contributed by atoms with van der Waals surface area (Å²) in [5, 5.41) is 2.59. The summed E-state index contributed by atoms with van der Waals surface area (Å²) in [6, 6.07) is 15.0. The Hall–Kier alpha value is -1.22. The first-order chi connectivity index (χ1) is 8.49. The zero-order valence-corrected chi connectivity index (χ0v) is 11.5. The second kappa shape index (κ2) is 5.19. The lowest BCUT2D eigenvalue weighted by atomic mass is 10.1. The monoisotopic (exact) mass is 280 g/mol. The molecular weight excluding hydrogens is 267 g/mol. The Morgan fingerprint density at radius 1 is 1.11 bits per heavy atom. The molecule has 0 amide bonds. The molecule has 0 aliphatic rings. The molecule has 2 aromatic carbocycles. The van der Waals surface area contributed by atoms with Gasteiger partial charge in [0.1, 0.15) is 0 Å². The maximum Gasteiger partial charge on any atom is 0.190 e. The fraction of sp³-hybridized carbons (Fsp3) is 0.143. The first-order valence-corrected chi connectivity index (χ1v) is 6.32. The van der Waals surface area contributed by atoms with Gasteiger partial charge in [0.25, 0.3) is 0 Å².